The van der Waals surface area contributed by atoms with Crippen LogP contribution in [-0.2, 0) is 0 Å². The average molecular weight is 359 g/mol. The number of hydrogen-bond acceptors (Lipinski definition) is 3. The Bertz CT molecular complexity index is 1150. The lowest BCUT2D eigenvalue weighted by Gasteiger charge is -2.06. The van der Waals surface area contributed by atoms with Crippen LogP contribution in [0.15, 0.2) is 65.3 Å². The summed E-state index contributed by atoms with van der Waals surface area (Å²) in [6, 6.07) is 16.4. The highest BCUT2D eigenvalue weighted by molar-refractivity contribution is 6.11. The Hall–Kier alpha value is -3.80. The Balaban J connectivity index is 1.66. The molecule has 4 aromatic rings. The van der Waals surface area contributed by atoms with Crippen LogP contribution >= 0.6 is 0 Å². The molecule has 0 radical (unpaired) electrons. The molecule has 134 valence electrons. The lowest BCUT2D eigenvalue weighted by Crippen LogP contribution is -2.12. The summed E-state index contributed by atoms with van der Waals surface area (Å²) in [4.78, 5) is 27.5. The van der Waals surface area contributed by atoms with E-state index in [1.54, 1.807) is 18.2 Å². The van der Waals surface area contributed by atoms with E-state index >= 15 is 0 Å². The highest BCUT2D eigenvalue weighted by Gasteiger charge is 2.17. The van der Waals surface area contributed by atoms with Crippen LogP contribution in [-0.4, -0.2) is 16.8 Å². The number of rotatable bonds is 4. The van der Waals surface area contributed by atoms with Crippen LogP contribution in [0.1, 0.15) is 26.5 Å². The Morgan fingerprint density at radius 2 is 1.78 bits per heavy atom. The molecular weight excluding hydrogens is 342 g/mol. The first-order valence-corrected chi connectivity index (χ1v) is 8.41. The van der Waals surface area contributed by atoms with Gasteiger partial charge in [-0.15, -0.1) is 0 Å². The second kappa shape index (κ2) is 6.49. The molecule has 0 aliphatic rings. The molecule has 0 fully saturated rings. The number of benzene rings is 2. The number of nitrogens with two attached hydrogens (primary N) is 1. The van der Waals surface area contributed by atoms with E-state index in [4.69, 9.17) is 10.2 Å². The first-order valence-electron chi connectivity index (χ1n) is 8.41. The van der Waals surface area contributed by atoms with Gasteiger partial charge < -0.3 is 20.5 Å². The highest BCUT2D eigenvalue weighted by Crippen LogP contribution is 2.30. The van der Waals surface area contributed by atoms with Crippen LogP contribution in [0.5, 0.6) is 0 Å². The van der Waals surface area contributed by atoms with Crippen molar-refractivity contribution in [2.45, 2.75) is 6.92 Å². The lowest BCUT2D eigenvalue weighted by atomic mass is 10.0. The molecule has 0 saturated heterocycles. The number of aromatic amines is 1. The monoisotopic (exact) mass is 359 g/mol. The van der Waals surface area contributed by atoms with Crippen molar-refractivity contribution in [3.63, 3.8) is 0 Å². The lowest BCUT2D eigenvalue weighted by molar-refractivity contribution is 0.0990. The predicted molar refractivity (Wildman–Crippen MR) is 104 cm³/mol. The number of para-hydroxylation sites is 1. The number of carbonyl (C=O) groups excluding carboxylic acids is 2. The topological polar surface area (TPSA) is 101 Å². The molecule has 2 amide bonds. The van der Waals surface area contributed by atoms with E-state index in [1.807, 2.05) is 43.3 Å². The van der Waals surface area contributed by atoms with E-state index < -0.39 is 5.91 Å². The second-order valence-electron chi connectivity index (χ2n) is 6.25. The third kappa shape index (κ3) is 2.97. The number of primary amides is 1. The maximum atomic E-state index is 12.2. The summed E-state index contributed by atoms with van der Waals surface area (Å²) in [5.74, 6) is -0.521. The summed E-state index contributed by atoms with van der Waals surface area (Å²) < 4.78 is 5.20. The number of anilines is 1. The van der Waals surface area contributed by atoms with Gasteiger partial charge in [-0.05, 0) is 36.8 Å². The summed E-state index contributed by atoms with van der Waals surface area (Å²) >= 11 is 0. The van der Waals surface area contributed by atoms with Crippen LogP contribution in [0.2, 0.25) is 0 Å². The van der Waals surface area contributed by atoms with Gasteiger partial charge in [0.1, 0.15) is 0 Å². The molecule has 0 bridgehead atoms. The predicted octanol–water partition coefficient (Wildman–Crippen LogP) is 4.09. The number of amides is 2. The standard InChI is InChI=1S/C21H17N3O3/c1-12-10-11-27-19(12)21(26)23-14-8-6-13(7-9-14)18-17(20(22)25)15-4-2-3-5-16(15)24-18/h2-11,24H,1H3,(H2,22,25)(H,23,26). The molecule has 2 aromatic carbocycles. The van der Waals surface area contributed by atoms with Crippen molar-refractivity contribution in [1.29, 1.82) is 0 Å². The van der Waals surface area contributed by atoms with Crippen LogP contribution in [0.4, 0.5) is 5.69 Å². The summed E-state index contributed by atoms with van der Waals surface area (Å²) in [6.45, 7) is 1.81. The minimum atomic E-state index is -0.492. The fourth-order valence-electron chi connectivity index (χ4n) is 3.13. The van der Waals surface area contributed by atoms with Gasteiger partial charge in [-0.2, -0.15) is 0 Å². The maximum Gasteiger partial charge on any atom is 0.291 e. The minimum absolute atomic E-state index is 0.283. The van der Waals surface area contributed by atoms with Crippen molar-refractivity contribution >= 4 is 28.4 Å². The van der Waals surface area contributed by atoms with Crippen molar-refractivity contribution in [3.8, 4) is 11.3 Å². The molecule has 0 saturated carbocycles. The summed E-state index contributed by atoms with van der Waals surface area (Å²) in [7, 11) is 0. The minimum Gasteiger partial charge on any atom is -0.459 e. The number of nitrogens with one attached hydrogen (secondary N) is 2. The van der Waals surface area contributed by atoms with Crippen molar-refractivity contribution in [1.82, 2.24) is 4.98 Å². The quantitative estimate of drug-likeness (QED) is 0.511. The second-order valence-corrected chi connectivity index (χ2v) is 6.25. The van der Waals surface area contributed by atoms with E-state index in [0.717, 1.165) is 22.0 Å². The van der Waals surface area contributed by atoms with Crippen LogP contribution in [0.25, 0.3) is 22.2 Å². The van der Waals surface area contributed by atoms with Gasteiger partial charge in [0.05, 0.1) is 17.5 Å². The summed E-state index contributed by atoms with van der Waals surface area (Å²) in [5, 5.41) is 3.58. The van der Waals surface area contributed by atoms with Crippen molar-refractivity contribution in [2.24, 2.45) is 5.73 Å². The molecule has 2 aromatic heterocycles. The molecule has 2 heterocycles. The van der Waals surface area contributed by atoms with Gasteiger partial charge in [0.15, 0.2) is 5.76 Å². The Kier molecular flexibility index (Phi) is 4.01. The van der Waals surface area contributed by atoms with Gasteiger partial charge in [-0.3, -0.25) is 9.59 Å². The zero-order valence-corrected chi connectivity index (χ0v) is 14.6. The van der Waals surface area contributed by atoms with Crippen molar-refractivity contribution in [3.05, 3.63) is 77.7 Å². The molecule has 6 nitrogen and oxygen atoms in total. The van der Waals surface area contributed by atoms with Gasteiger partial charge in [0, 0.05) is 22.2 Å². The zero-order chi connectivity index (χ0) is 19.0. The molecule has 0 aliphatic heterocycles. The molecule has 0 atom stereocenters. The van der Waals surface area contributed by atoms with Crippen LogP contribution in [0, 0.1) is 6.92 Å². The van der Waals surface area contributed by atoms with E-state index in [9.17, 15) is 9.59 Å². The van der Waals surface area contributed by atoms with E-state index in [-0.39, 0.29) is 11.7 Å². The maximum absolute atomic E-state index is 12.2. The first-order chi connectivity index (χ1) is 13.0. The first kappa shape index (κ1) is 16.7. The molecule has 6 heteroatoms. The van der Waals surface area contributed by atoms with E-state index in [2.05, 4.69) is 10.3 Å². The van der Waals surface area contributed by atoms with Crippen LogP contribution < -0.4 is 11.1 Å². The fraction of sp³-hybridized carbons (Fsp3) is 0.0476. The summed E-state index contributed by atoms with van der Waals surface area (Å²) in [6.07, 6.45) is 1.48. The number of fused-ring (bicyclic) bond motifs is 1. The number of carbonyl (C=O) groups is 2. The normalized spacial score (nSPS) is 10.9. The molecule has 0 spiro atoms. The van der Waals surface area contributed by atoms with Crippen molar-refractivity contribution in [2.75, 3.05) is 5.32 Å². The highest BCUT2D eigenvalue weighted by atomic mass is 16.3. The summed E-state index contributed by atoms with van der Waals surface area (Å²) in [5.41, 5.74) is 9.74. The van der Waals surface area contributed by atoms with Gasteiger partial charge in [-0.25, -0.2) is 0 Å². The van der Waals surface area contributed by atoms with Gasteiger partial charge in [0.25, 0.3) is 11.8 Å². The van der Waals surface area contributed by atoms with E-state index in [1.165, 1.54) is 6.26 Å². The van der Waals surface area contributed by atoms with Crippen LogP contribution in [0.3, 0.4) is 0 Å². The van der Waals surface area contributed by atoms with Gasteiger partial charge >= 0.3 is 0 Å². The third-order valence-corrected chi connectivity index (χ3v) is 4.45. The number of aryl methyl sites for hydroxylation is 1. The zero-order valence-electron chi connectivity index (χ0n) is 14.6. The molecule has 0 aliphatic carbocycles. The van der Waals surface area contributed by atoms with Gasteiger partial charge in [-0.1, -0.05) is 30.3 Å². The smallest absolute Gasteiger partial charge is 0.291 e. The number of hydrogen-bond donors (Lipinski definition) is 3. The van der Waals surface area contributed by atoms with Gasteiger partial charge in [0.2, 0.25) is 0 Å². The Morgan fingerprint density at radius 3 is 2.44 bits per heavy atom. The molecule has 27 heavy (non-hydrogen) atoms. The molecular formula is C21H17N3O3. The average Bonchev–Trinajstić information content (AvgIpc) is 3.25. The SMILES string of the molecule is Cc1ccoc1C(=O)Nc1ccc(-c2[nH]c3ccccc3c2C(N)=O)cc1. The number of furan rings is 1. The van der Waals surface area contributed by atoms with Crippen molar-refractivity contribution < 1.29 is 14.0 Å². The largest absolute Gasteiger partial charge is 0.459 e. The number of aromatic nitrogens is 1. The molecule has 0 unspecified atom stereocenters. The number of H-pyrrole nitrogens is 1. The third-order valence-electron chi connectivity index (χ3n) is 4.45. The Labute approximate surface area is 155 Å². The molecule has 4 rings (SSSR count). The Morgan fingerprint density at radius 1 is 1.04 bits per heavy atom. The fourth-order valence-corrected chi connectivity index (χ4v) is 3.13. The van der Waals surface area contributed by atoms with E-state index in [0.29, 0.717) is 16.9 Å². The molecule has 4 N–H and O–H groups in total.